The van der Waals surface area contributed by atoms with Crippen molar-refractivity contribution in [2.24, 2.45) is 0 Å². The van der Waals surface area contributed by atoms with Crippen molar-refractivity contribution in [1.29, 1.82) is 0 Å². The minimum Gasteiger partial charge on any atom is -0.472 e. The molecule has 234 valence electrons. The van der Waals surface area contributed by atoms with Crippen LogP contribution in [0.4, 0.5) is 14.5 Å². The summed E-state index contributed by atoms with van der Waals surface area (Å²) in [5.74, 6) is 0.0983. The van der Waals surface area contributed by atoms with E-state index in [1.165, 1.54) is 48.2 Å². The molecule has 0 radical (unpaired) electrons. The van der Waals surface area contributed by atoms with Crippen LogP contribution in [-0.4, -0.2) is 13.1 Å². The van der Waals surface area contributed by atoms with Crippen LogP contribution in [-0.2, 0) is 17.4 Å². The highest BCUT2D eigenvalue weighted by Gasteiger charge is 2.44. The fraction of sp³-hybridized carbons (Fsp3) is 0.256. The molecule has 47 heavy (non-hydrogen) atoms. The number of hydrogen-bond donors (Lipinski definition) is 0. The Balaban J connectivity index is 1.28. The molecule has 1 unspecified atom stereocenters. The molecule has 1 saturated heterocycles. The quantitative estimate of drug-likeness (QED) is 0.199. The third kappa shape index (κ3) is 4.26. The summed E-state index contributed by atoms with van der Waals surface area (Å²) in [6.45, 7) is 6.46. The van der Waals surface area contributed by atoms with Crippen LogP contribution in [0.2, 0.25) is 0 Å². The number of benzene rings is 5. The number of rotatable bonds is 3. The maximum Gasteiger partial charge on any atom is 0.178 e. The number of nitrogens with zero attached hydrogens (tertiary/aromatic N) is 1. The molecule has 2 heterocycles. The Morgan fingerprint density at radius 1 is 0.745 bits per heavy atom. The molecule has 1 atom stereocenters. The molecule has 0 saturated carbocycles. The minimum atomic E-state index is -0.932. The summed E-state index contributed by atoms with van der Waals surface area (Å²) < 4.78 is 37.3. The summed E-state index contributed by atoms with van der Waals surface area (Å²) >= 11 is 0. The highest BCUT2D eigenvalue weighted by molar-refractivity contribution is 6.08. The molecule has 5 aromatic rings. The fourth-order valence-electron chi connectivity index (χ4n) is 8.64. The van der Waals surface area contributed by atoms with Gasteiger partial charge in [-0.15, -0.1) is 0 Å². The van der Waals surface area contributed by atoms with Gasteiger partial charge in [0, 0.05) is 46.3 Å². The van der Waals surface area contributed by atoms with Crippen LogP contribution in [0.5, 0.6) is 5.75 Å². The van der Waals surface area contributed by atoms with E-state index in [-0.39, 0.29) is 11.6 Å². The normalized spacial score (nSPS) is 20.4. The fourth-order valence-corrected chi connectivity index (χ4v) is 8.64. The Kier molecular flexibility index (Phi) is 6.31. The van der Waals surface area contributed by atoms with Gasteiger partial charge >= 0.3 is 0 Å². The Hall–Kier alpha value is -4.70. The highest BCUT2D eigenvalue weighted by Crippen LogP contribution is 2.58. The molecular formula is C43H37F2NO. The third-order valence-corrected chi connectivity index (χ3v) is 11.0. The van der Waals surface area contributed by atoms with Crippen molar-refractivity contribution in [3.05, 3.63) is 142 Å². The zero-order valence-corrected chi connectivity index (χ0v) is 26.9. The van der Waals surface area contributed by atoms with Crippen molar-refractivity contribution in [3.63, 3.8) is 0 Å². The van der Waals surface area contributed by atoms with Crippen LogP contribution in [0.25, 0.3) is 34.1 Å². The molecule has 2 nitrogen and oxygen atoms in total. The number of hydrogen-bond acceptors (Lipinski definition) is 2. The van der Waals surface area contributed by atoms with E-state index in [4.69, 9.17) is 4.74 Å². The van der Waals surface area contributed by atoms with Gasteiger partial charge in [-0.2, -0.15) is 0 Å². The van der Waals surface area contributed by atoms with Gasteiger partial charge in [0.2, 0.25) is 0 Å². The molecule has 9 rings (SSSR count). The first kappa shape index (κ1) is 28.5. The van der Waals surface area contributed by atoms with Crippen molar-refractivity contribution in [3.8, 4) is 16.9 Å². The van der Waals surface area contributed by atoms with E-state index in [1.54, 1.807) is 12.1 Å². The van der Waals surface area contributed by atoms with Crippen molar-refractivity contribution in [2.75, 3.05) is 18.0 Å². The van der Waals surface area contributed by atoms with Crippen molar-refractivity contribution >= 4 is 28.6 Å². The second-order valence-corrected chi connectivity index (χ2v) is 14.1. The SMILES string of the molecule is CC1(C)c2cc(F)ccc2-c2c1c1c(c3cc(F)ccc23)OC(c2ccc(N3CCCCC3)cc2)(c2ccc3c(c2)CCC=C3)C=C1. The lowest BCUT2D eigenvalue weighted by Gasteiger charge is -2.39. The molecule has 0 aromatic heterocycles. The van der Waals surface area contributed by atoms with Gasteiger partial charge in [0.25, 0.3) is 0 Å². The minimum absolute atomic E-state index is 0.255. The van der Waals surface area contributed by atoms with Gasteiger partial charge in [-0.1, -0.05) is 74.5 Å². The first-order chi connectivity index (χ1) is 22.8. The summed E-state index contributed by atoms with van der Waals surface area (Å²) in [5, 5.41) is 1.64. The van der Waals surface area contributed by atoms with Gasteiger partial charge in [-0.3, -0.25) is 0 Å². The predicted molar refractivity (Wildman–Crippen MR) is 188 cm³/mol. The molecule has 2 aliphatic carbocycles. The van der Waals surface area contributed by atoms with E-state index in [0.717, 1.165) is 75.6 Å². The zero-order chi connectivity index (χ0) is 31.9. The van der Waals surface area contributed by atoms with Crippen LogP contribution in [0.3, 0.4) is 0 Å². The number of anilines is 1. The van der Waals surface area contributed by atoms with E-state index < -0.39 is 11.0 Å². The van der Waals surface area contributed by atoms with Crippen LogP contribution < -0.4 is 9.64 Å². The lowest BCUT2D eigenvalue weighted by atomic mass is 9.76. The first-order valence-corrected chi connectivity index (χ1v) is 17.0. The van der Waals surface area contributed by atoms with Gasteiger partial charge in [0.1, 0.15) is 17.4 Å². The van der Waals surface area contributed by atoms with Crippen molar-refractivity contribution in [1.82, 2.24) is 0 Å². The molecule has 2 aliphatic heterocycles. The second-order valence-electron chi connectivity index (χ2n) is 14.1. The van der Waals surface area contributed by atoms with E-state index in [0.29, 0.717) is 5.75 Å². The highest BCUT2D eigenvalue weighted by atomic mass is 19.1. The average Bonchev–Trinajstić information content (AvgIpc) is 3.34. The van der Waals surface area contributed by atoms with Gasteiger partial charge in [-0.05, 0) is 113 Å². The molecule has 0 spiro atoms. The van der Waals surface area contributed by atoms with E-state index >= 15 is 4.39 Å². The third-order valence-electron chi connectivity index (χ3n) is 11.0. The van der Waals surface area contributed by atoms with Crippen LogP contribution in [0, 0.1) is 11.6 Å². The summed E-state index contributed by atoms with van der Waals surface area (Å²) in [7, 11) is 0. The predicted octanol–water partition coefficient (Wildman–Crippen LogP) is 10.7. The molecule has 0 amide bonds. The smallest absolute Gasteiger partial charge is 0.178 e. The summed E-state index contributed by atoms with van der Waals surface area (Å²) in [5.41, 5.74) is 9.43. The largest absolute Gasteiger partial charge is 0.472 e. The van der Waals surface area contributed by atoms with Gasteiger partial charge in [0.15, 0.2) is 5.60 Å². The number of fused-ring (bicyclic) bond motifs is 9. The van der Waals surface area contributed by atoms with E-state index in [2.05, 4.69) is 85.5 Å². The van der Waals surface area contributed by atoms with Crippen LogP contribution in [0.1, 0.15) is 78.5 Å². The molecule has 0 N–H and O–H groups in total. The summed E-state index contributed by atoms with van der Waals surface area (Å²) in [6.07, 6.45) is 14.5. The molecule has 5 aromatic carbocycles. The van der Waals surface area contributed by atoms with Crippen LogP contribution >= 0.6 is 0 Å². The molecular weight excluding hydrogens is 584 g/mol. The molecule has 0 bridgehead atoms. The lowest BCUT2D eigenvalue weighted by Crippen LogP contribution is -2.35. The van der Waals surface area contributed by atoms with Crippen molar-refractivity contribution < 1.29 is 13.5 Å². The Labute approximate surface area is 275 Å². The summed E-state index contributed by atoms with van der Waals surface area (Å²) in [4.78, 5) is 2.47. The number of ether oxygens (including phenoxy) is 1. The molecule has 4 heteroatoms. The van der Waals surface area contributed by atoms with Crippen LogP contribution in [0.15, 0.2) is 91.0 Å². The number of aryl methyl sites for hydroxylation is 1. The topological polar surface area (TPSA) is 12.5 Å². The standard InChI is InChI=1S/C43H37F2NO/c1-42(2)38-26-32(45)15-19-35(38)39-34-18-14-31(44)25-37(34)41-36(40(39)42)20-21-43(47-41,30-11-10-27-8-4-5-9-28(27)24-30)29-12-16-33(17-13-29)46-22-6-3-7-23-46/h4,8,10-21,24-26H,3,5-7,9,22-23H2,1-2H3. The molecule has 4 aliphatic rings. The number of halogens is 2. The first-order valence-electron chi connectivity index (χ1n) is 17.0. The second kappa shape index (κ2) is 10.4. The van der Waals surface area contributed by atoms with Gasteiger partial charge in [0.05, 0.1) is 0 Å². The van der Waals surface area contributed by atoms with Crippen molar-refractivity contribution in [2.45, 2.75) is 57.0 Å². The Bertz CT molecular complexity index is 2150. The lowest BCUT2D eigenvalue weighted by molar-refractivity contribution is 0.163. The molecule has 1 fully saturated rings. The number of allylic oxidation sites excluding steroid dienone is 1. The average molecular weight is 622 g/mol. The maximum atomic E-state index is 15.2. The van der Waals surface area contributed by atoms with Gasteiger partial charge in [-0.25, -0.2) is 8.78 Å². The monoisotopic (exact) mass is 621 g/mol. The van der Waals surface area contributed by atoms with E-state index in [9.17, 15) is 4.39 Å². The summed E-state index contributed by atoms with van der Waals surface area (Å²) in [6, 6.07) is 25.6. The zero-order valence-electron chi connectivity index (χ0n) is 26.9. The number of piperidine rings is 1. The Morgan fingerprint density at radius 2 is 1.51 bits per heavy atom. The maximum absolute atomic E-state index is 15.2. The van der Waals surface area contributed by atoms with Gasteiger partial charge < -0.3 is 9.64 Å². The Morgan fingerprint density at radius 3 is 2.34 bits per heavy atom. The van der Waals surface area contributed by atoms with E-state index in [1.807, 2.05) is 12.1 Å².